The maximum Gasteiger partial charge on any atom is 0.0688 e. The van der Waals surface area contributed by atoms with Crippen molar-refractivity contribution in [2.45, 2.75) is 27.7 Å². The van der Waals surface area contributed by atoms with E-state index in [1.165, 1.54) is 27.9 Å². The van der Waals surface area contributed by atoms with E-state index in [9.17, 15) is 0 Å². The van der Waals surface area contributed by atoms with E-state index in [0.29, 0.717) is 0 Å². The molecule has 0 saturated heterocycles. The van der Waals surface area contributed by atoms with Crippen molar-refractivity contribution >= 4 is 23.3 Å². The van der Waals surface area contributed by atoms with Crippen LogP contribution in [-0.2, 0) is 0 Å². The van der Waals surface area contributed by atoms with Crippen molar-refractivity contribution in [2.24, 2.45) is 4.99 Å². The number of hydrogen-bond acceptors (Lipinski definition) is 2. The Morgan fingerprint density at radius 2 is 1.20 bits per heavy atom. The number of aliphatic imine (C=N–C) groups is 1. The van der Waals surface area contributed by atoms with Crippen LogP contribution in [0, 0.1) is 27.7 Å². The number of aryl methyl sites for hydroxylation is 4. The lowest BCUT2D eigenvalue weighted by Crippen LogP contribution is -1.96. The first-order valence-corrected chi connectivity index (χ1v) is 8.58. The molecule has 0 aromatic heterocycles. The van der Waals surface area contributed by atoms with Gasteiger partial charge in [-0.15, -0.1) is 0 Å². The summed E-state index contributed by atoms with van der Waals surface area (Å²) in [7, 11) is 0. The molecule has 0 aliphatic heterocycles. The number of nitrogens with zero attached hydrogens (tertiary/aromatic N) is 1. The molecule has 1 N–H and O–H groups in total. The number of rotatable bonds is 4. The van der Waals surface area contributed by atoms with E-state index in [1.807, 2.05) is 6.21 Å². The maximum absolute atomic E-state index is 4.67. The second-order valence-electron chi connectivity index (χ2n) is 6.51. The number of anilines is 2. The molecule has 2 nitrogen and oxygen atoms in total. The molecule has 3 aromatic rings. The summed E-state index contributed by atoms with van der Waals surface area (Å²) in [5, 5.41) is 3.52. The van der Waals surface area contributed by atoms with Crippen LogP contribution in [0.25, 0.3) is 0 Å². The Kier molecular flexibility index (Phi) is 4.99. The van der Waals surface area contributed by atoms with Gasteiger partial charge < -0.3 is 5.32 Å². The smallest absolute Gasteiger partial charge is 0.0688 e. The minimum absolute atomic E-state index is 1.06. The summed E-state index contributed by atoms with van der Waals surface area (Å²) in [6.45, 7) is 8.44. The van der Waals surface area contributed by atoms with E-state index < -0.39 is 0 Å². The summed E-state index contributed by atoms with van der Waals surface area (Å²) in [6, 6.07) is 21.0. The Morgan fingerprint density at radius 1 is 0.680 bits per heavy atom. The third-order valence-electron chi connectivity index (χ3n) is 4.44. The summed E-state index contributed by atoms with van der Waals surface area (Å²) in [6.07, 6.45) is 1.93. The van der Waals surface area contributed by atoms with Crippen LogP contribution >= 0.6 is 0 Å². The molecule has 3 aromatic carbocycles. The number of para-hydroxylation sites is 2. The number of nitrogens with one attached hydrogen (secondary N) is 1. The Labute approximate surface area is 150 Å². The molecule has 2 heteroatoms. The van der Waals surface area contributed by atoms with Gasteiger partial charge in [0.15, 0.2) is 0 Å². The quantitative estimate of drug-likeness (QED) is 0.549. The van der Waals surface area contributed by atoms with Crippen molar-refractivity contribution in [1.29, 1.82) is 0 Å². The molecule has 0 fully saturated rings. The normalized spacial score (nSPS) is 11.0. The zero-order chi connectivity index (χ0) is 17.8. The van der Waals surface area contributed by atoms with Gasteiger partial charge in [0.05, 0.1) is 5.69 Å². The molecule has 0 aliphatic carbocycles. The SMILES string of the molecule is Cc1cccc(C)c1N=Cc1ccc(Nc2c(C)cccc2C)cc1. The molecule has 0 bridgehead atoms. The standard InChI is InChI=1S/C23H24N2/c1-16-7-5-8-17(2)22(16)24-15-20-11-13-21(14-12-20)25-23-18(3)9-6-10-19(23)4/h5-15,25H,1-4H3. The van der Waals surface area contributed by atoms with Gasteiger partial charge in [-0.1, -0.05) is 48.5 Å². The molecule has 0 unspecified atom stereocenters. The van der Waals surface area contributed by atoms with Crippen molar-refractivity contribution in [3.05, 3.63) is 88.5 Å². The zero-order valence-corrected chi connectivity index (χ0v) is 15.3. The second-order valence-corrected chi connectivity index (χ2v) is 6.51. The third kappa shape index (κ3) is 3.97. The predicted octanol–water partition coefficient (Wildman–Crippen LogP) is 6.41. The molecule has 0 aliphatic rings. The molecule has 126 valence electrons. The summed E-state index contributed by atoms with van der Waals surface area (Å²) in [5.74, 6) is 0. The van der Waals surface area contributed by atoms with E-state index >= 15 is 0 Å². The largest absolute Gasteiger partial charge is 0.355 e. The summed E-state index contributed by atoms with van der Waals surface area (Å²) in [5.41, 5.74) is 9.31. The lowest BCUT2D eigenvalue weighted by molar-refractivity contribution is 1.33. The molecule has 0 atom stereocenters. The van der Waals surface area contributed by atoms with E-state index in [2.05, 4.69) is 98.7 Å². The van der Waals surface area contributed by atoms with Crippen LogP contribution in [0.3, 0.4) is 0 Å². The molecule has 25 heavy (non-hydrogen) atoms. The molecular weight excluding hydrogens is 304 g/mol. The first kappa shape index (κ1) is 17.0. The van der Waals surface area contributed by atoms with E-state index in [0.717, 1.165) is 16.9 Å². The highest BCUT2D eigenvalue weighted by Crippen LogP contribution is 2.25. The Balaban J connectivity index is 1.78. The molecule has 0 amide bonds. The maximum atomic E-state index is 4.67. The van der Waals surface area contributed by atoms with Crippen LogP contribution in [0.1, 0.15) is 27.8 Å². The van der Waals surface area contributed by atoms with Gasteiger partial charge in [0.2, 0.25) is 0 Å². The Bertz CT molecular complexity index is 865. The van der Waals surface area contributed by atoms with E-state index in [1.54, 1.807) is 0 Å². The van der Waals surface area contributed by atoms with Crippen LogP contribution in [0.5, 0.6) is 0 Å². The fraction of sp³-hybridized carbons (Fsp3) is 0.174. The van der Waals surface area contributed by atoms with Gasteiger partial charge in [0, 0.05) is 17.6 Å². The Morgan fingerprint density at radius 3 is 1.76 bits per heavy atom. The summed E-state index contributed by atoms with van der Waals surface area (Å²) >= 11 is 0. The summed E-state index contributed by atoms with van der Waals surface area (Å²) in [4.78, 5) is 4.67. The molecule has 3 rings (SSSR count). The van der Waals surface area contributed by atoms with Crippen molar-refractivity contribution in [1.82, 2.24) is 0 Å². The van der Waals surface area contributed by atoms with Crippen LogP contribution in [0.4, 0.5) is 17.1 Å². The monoisotopic (exact) mass is 328 g/mol. The van der Waals surface area contributed by atoms with Crippen LogP contribution in [-0.4, -0.2) is 6.21 Å². The van der Waals surface area contributed by atoms with Crippen molar-refractivity contribution in [2.75, 3.05) is 5.32 Å². The second kappa shape index (κ2) is 7.35. The topological polar surface area (TPSA) is 24.4 Å². The van der Waals surface area contributed by atoms with Crippen molar-refractivity contribution < 1.29 is 0 Å². The predicted molar refractivity (Wildman–Crippen MR) is 109 cm³/mol. The highest BCUT2D eigenvalue weighted by molar-refractivity contribution is 5.83. The average Bonchev–Trinajstić information content (AvgIpc) is 2.59. The van der Waals surface area contributed by atoms with Crippen LogP contribution < -0.4 is 5.32 Å². The number of hydrogen-bond donors (Lipinski definition) is 1. The molecular formula is C23H24N2. The van der Waals surface area contributed by atoms with Gasteiger partial charge in [0.1, 0.15) is 0 Å². The summed E-state index contributed by atoms with van der Waals surface area (Å²) < 4.78 is 0. The van der Waals surface area contributed by atoms with Gasteiger partial charge in [-0.3, -0.25) is 4.99 Å². The first-order valence-electron chi connectivity index (χ1n) is 8.58. The van der Waals surface area contributed by atoms with E-state index in [-0.39, 0.29) is 0 Å². The lowest BCUT2D eigenvalue weighted by Gasteiger charge is -2.12. The third-order valence-corrected chi connectivity index (χ3v) is 4.44. The zero-order valence-electron chi connectivity index (χ0n) is 15.3. The van der Waals surface area contributed by atoms with Gasteiger partial charge in [0.25, 0.3) is 0 Å². The fourth-order valence-corrected chi connectivity index (χ4v) is 2.96. The van der Waals surface area contributed by atoms with Crippen LogP contribution in [0.2, 0.25) is 0 Å². The fourth-order valence-electron chi connectivity index (χ4n) is 2.96. The molecule has 0 saturated carbocycles. The minimum atomic E-state index is 1.06. The molecule has 0 spiro atoms. The van der Waals surface area contributed by atoms with Crippen molar-refractivity contribution in [3.63, 3.8) is 0 Å². The molecule has 0 radical (unpaired) electrons. The minimum Gasteiger partial charge on any atom is -0.355 e. The van der Waals surface area contributed by atoms with Gasteiger partial charge in [-0.25, -0.2) is 0 Å². The number of benzene rings is 3. The van der Waals surface area contributed by atoms with Gasteiger partial charge in [-0.2, -0.15) is 0 Å². The lowest BCUT2D eigenvalue weighted by atomic mass is 10.1. The molecule has 0 heterocycles. The van der Waals surface area contributed by atoms with Gasteiger partial charge >= 0.3 is 0 Å². The first-order chi connectivity index (χ1) is 12.0. The van der Waals surface area contributed by atoms with Crippen LogP contribution in [0.15, 0.2) is 65.7 Å². The van der Waals surface area contributed by atoms with Gasteiger partial charge in [-0.05, 0) is 67.6 Å². The van der Waals surface area contributed by atoms with E-state index in [4.69, 9.17) is 0 Å². The highest BCUT2D eigenvalue weighted by Gasteiger charge is 2.03. The average molecular weight is 328 g/mol. The van der Waals surface area contributed by atoms with Crippen molar-refractivity contribution in [3.8, 4) is 0 Å². The Hall–Kier alpha value is -2.87. The highest BCUT2D eigenvalue weighted by atomic mass is 14.9.